The van der Waals surface area contributed by atoms with Crippen LogP contribution in [0.1, 0.15) is 45.5 Å². The van der Waals surface area contributed by atoms with Crippen molar-refractivity contribution in [3.8, 4) is 0 Å². The molecule has 0 aliphatic heterocycles. The van der Waals surface area contributed by atoms with Crippen molar-refractivity contribution >= 4 is 44.8 Å². The van der Waals surface area contributed by atoms with Gasteiger partial charge >= 0.3 is 32.5 Å². The fraction of sp³-hybridized carbons (Fsp3) is 0.281. The molecule has 0 saturated carbocycles. The zero-order chi connectivity index (χ0) is 40.8. The van der Waals surface area contributed by atoms with Crippen molar-refractivity contribution in [1.82, 2.24) is 10.2 Å². The highest BCUT2D eigenvalue weighted by Gasteiger charge is 2.51. The van der Waals surface area contributed by atoms with Gasteiger partial charge in [-0.15, -0.1) is 0 Å². The van der Waals surface area contributed by atoms with Crippen LogP contribution in [0.2, 0.25) is 0 Å². The first-order valence-electron chi connectivity index (χ1n) is 15.4. The lowest BCUT2D eigenvalue weighted by Crippen LogP contribution is -2.59. The maximum Gasteiger partial charge on any atom is 0.399 e. The smallest absolute Gasteiger partial charge is 0.399 e. The summed E-state index contributed by atoms with van der Waals surface area (Å²) in [5.74, 6) is -6.28. The fourth-order valence-corrected chi connectivity index (χ4v) is 5.94. The lowest BCUT2D eigenvalue weighted by Gasteiger charge is -2.32. The first-order chi connectivity index (χ1) is 24.9. The van der Waals surface area contributed by atoms with Crippen LogP contribution >= 0.6 is 15.2 Å². The zero-order valence-electron chi connectivity index (χ0n) is 27.7. The van der Waals surface area contributed by atoms with Gasteiger partial charge in [0, 0.05) is 36.0 Å². The van der Waals surface area contributed by atoms with E-state index in [0.29, 0.717) is 29.2 Å². The van der Waals surface area contributed by atoms with Gasteiger partial charge in [-0.1, -0.05) is 66.7 Å². The molecule has 0 aliphatic carbocycles. The van der Waals surface area contributed by atoms with Gasteiger partial charge in [-0.25, -0.2) is 0 Å². The minimum atomic E-state index is -5.97. The number of primary amides is 1. The molecule has 0 aliphatic rings. The van der Waals surface area contributed by atoms with Gasteiger partial charge in [0.2, 0.25) is 11.8 Å². The van der Waals surface area contributed by atoms with E-state index in [4.69, 9.17) is 36.1 Å². The second kappa shape index (κ2) is 17.1. The quantitative estimate of drug-likeness (QED) is 0.0718. The number of nitrogens with two attached hydrogens (primary N) is 2. The number of amides is 4. The van der Waals surface area contributed by atoms with E-state index in [1.165, 1.54) is 30.3 Å². The Kier molecular flexibility index (Phi) is 13.8. The van der Waals surface area contributed by atoms with E-state index in [2.05, 4.69) is 5.32 Å². The molecule has 16 nitrogen and oxygen atoms in total. The van der Waals surface area contributed by atoms with Crippen LogP contribution in [-0.2, 0) is 52.5 Å². The van der Waals surface area contributed by atoms with Gasteiger partial charge in [0.05, 0.1) is 6.04 Å². The van der Waals surface area contributed by atoms with Gasteiger partial charge in [0.25, 0.3) is 11.8 Å². The third kappa shape index (κ3) is 10.4. The van der Waals surface area contributed by atoms with Crippen LogP contribution in [0.25, 0.3) is 0 Å². The van der Waals surface area contributed by atoms with E-state index in [0.717, 1.165) is 24.3 Å². The Hall–Kier alpha value is -4.81. The number of carbonyl (C=O) groups is 5. The zero-order valence-corrected chi connectivity index (χ0v) is 29.5. The molecule has 4 amide bonds. The second-order valence-corrected chi connectivity index (χ2v) is 15.2. The molecule has 0 spiro atoms. The average Bonchev–Trinajstić information content (AvgIpc) is 3.09. The van der Waals surface area contributed by atoms with Crippen LogP contribution in [0.5, 0.6) is 0 Å². The van der Waals surface area contributed by atoms with Crippen LogP contribution in [0.15, 0.2) is 78.9 Å². The number of carboxylic acids is 1. The molecular formula is C32H34F4N4O12P2. The highest BCUT2D eigenvalue weighted by molar-refractivity contribution is 7.52. The van der Waals surface area contributed by atoms with Crippen molar-refractivity contribution in [2.75, 3.05) is 0 Å². The van der Waals surface area contributed by atoms with E-state index >= 15 is 0 Å². The van der Waals surface area contributed by atoms with E-state index in [1.54, 1.807) is 0 Å². The predicted octanol–water partition coefficient (Wildman–Crippen LogP) is 2.13. The van der Waals surface area contributed by atoms with Gasteiger partial charge in [-0.05, 0) is 29.7 Å². The third-order valence-corrected chi connectivity index (χ3v) is 9.92. The highest BCUT2D eigenvalue weighted by atomic mass is 31.2. The number of halogens is 4. The summed E-state index contributed by atoms with van der Waals surface area (Å²) in [4.78, 5) is 102. The van der Waals surface area contributed by atoms with Crippen LogP contribution in [0.3, 0.4) is 0 Å². The Bertz CT molecular complexity index is 1960. The topological polar surface area (TPSA) is 288 Å². The lowest BCUT2D eigenvalue weighted by molar-refractivity contribution is -0.140. The molecule has 3 atom stereocenters. The molecule has 3 aromatic rings. The summed E-state index contributed by atoms with van der Waals surface area (Å²) in [5, 5.41) is 11.3. The average molecular weight is 805 g/mol. The van der Waals surface area contributed by atoms with Gasteiger partial charge < -0.3 is 41.5 Å². The summed E-state index contributed by atoms with van der Waals surface area (Å²) in [7, 11) is -11.9. The fourth-order valence-electron chi connectivity index (χ4n) is 4.97. The van der Waals surface area contributed by atoms with E-state index < -0.39 is 111 Å². The standard InChI is InChI=1S/C32H34F4N4O12P2/c33-31(34,53(47,48)49)21-10-6-18(7-11-21)16-24(39-28(44)23(37)14-15-26(41)42)30(46)40(29(45)20-4-2-1-3-5-20)25(27(38)43)17-19-8-12-22(13-9-19)32(35,36)54(50,51)52/h1-13,23-25H,14-17,37H2,(H2,38,43)(H,39,44)(H,41,42)(H2,47,48,49)(H2,50,51,52)/t23-,24-,25-/m0/s1. The summed E-state index contributed by atoms with van der Waals surface area (Å²) < 4.78 is 79.9. The number of nitrogens with zero attached hydrogens (tertiary/aromatic N) is 1. The number of aliphatic carboxylic acids is 1. The summed E-state index contributed by atoms with van der Waals surface area (Å²) >= 11 is 0. The summed E-state index contributed by atoms with van der Waals surface area (Å²) in [5.41, 5.74) is -0.216. The Morgan fingerprint density at radius 2 is 1.19 bits per heavy atom. The Morgan fingerprint density at radius 3 is 1.59 bits per heavy atom. The van der Waals surface area contributed by atoms with Crippen LogP contribution in [0.4, 0.5) is 17.6 Å². The molecule has 0 heterocycles. The number of rotatable bonds is 17. The van der Waals surface area contributed by atoms with Crippen LogP contribution in [0, 0.1) is 0 Å². The highest BCUT2D eigenvalue weighted by Crippen LogP contribution is 2.60. The van der Waals surface area contributed by atoms with Crippen molar-refractivity contribution in [3.05, 3.63) is 107 Å². The number of imide groups is 1. The van der Waals surface area contributed by atoms with Crippen molar-refractivity contribution in [3.63, 3.8) is 0 Å². The van der Waals surface area contributed by atoms with E-state index in [-0.39, 0.29) is 16.7 Å². The number of benzene rings is 3. The SMILES string of the molecule is NC(=O)[C@H](Cc1ccc(C(F)(F)P(=O)(O)O)cc1)N(C(=O)c1ccccc1)C(=O)[C@H](Cc1ccc(C(F)(F)P(=O)(O)O)cc1)NC(=O)[C@@H](N)CCC(=O)O. The van der Waals surface area contributed by atoms with Gasteiger partial charge in [-0.3, -0.25) is 38.0 Å². The molecule has 54 heavy (non-hydrogen) atoms. The summed E-state index contributed by atoms with van der Waals surface area (Å²) in [6.45, 7) is 0. The lowest BCUT2D eigenvalue weighted by atomic mass is 9.98. The molecule has 3 aromatic carbocycles. The van der Waals surface area contributed by atoms with Crippen molar-refractivity contribution < 1.29 is 75.3 Å². The Morgan fingerprint density at radius 1 is 0.741 bits per heavy atom. The monoisotopic (exact) mass is 804 g/mol. The van der Waals surface area contributed by atoms with E-state index in [1.807, 2.05) is 0 Å². The third-order valence-electron chi connectivity index (χ3n) is 7.94. The molecule has 3 rings (SSSR count). The number of hydrogen-bond donors (Lipinski definition) is 8. The van der Waals surface area contributed by atoms with Crippen molar-refractivity contribution in [2.24, 2.45) is 11.5 Å². The molecule has 0 radical (unpaired) electrons. The number of carboxylic acid groups (broad SMARTS) is 1. The Balaban J connectivity index is 2.12. The van der Waals surface area contributed by atoms with E-state index in [9.17, 15) is 50.7 Å². The number of alkyl halides is 4. The molecule has 0 bridgehead atoms. The first kappa shape index (κ1) is 43.6. The number of hydrogen-bond acceptors (Lipinski definition) is 8. The maximum absolute atomic E-state index is 14.4. The molecule has 0 saturated heterocycles. The van der Waals surface area contributed by atoms with Crippen LogP contribution in [-0.4, -0.2) is 77.3 Å². The van der Waals surface area contributed by atoms with Crippen LogP contribution < -0.4 is 16.8 Å². The molecular weight excluding hydrogens is 770 g/mol. The molecule has 10 N–H and O–H groups in total. The molecule has 0 fully saturated rings. The number of carbonyl (C=O) groups excluding carboxylic acids is 4. The van der Waals surface area contributed by atoms with Crippen molar-refractivity contribution in [2.45, 2.75) is 55.1 Å². The summed E-state index contributed by atoms with van der Waals surface area (Å²) in [6.07, 6.45) is -2.31. The molecule has 22 heteroatoms. The predicted molar refractivity (Wildman–Crippen MR) is 180 cm³/mol. The summed E-state index contributed by atoms with van der Waals surface area (Å²) in [6, 6.07) is 7.67. The number of nitrogens with one attached hydrogen (secondary N) is 1. The normalized spacial score (nSPS) is 14.0. The molecule has 0 unspecified atom stereocenters. The minimum absolute atomic E-state index is 0.0395. The Labute approximate surface area is 303 Å². The largest absolute Gasteiger partial charge is 0.481 e. The van der Waals surface area contributed by atoms with Gasteiger partial charge in [-0.2, -0.15) is 17.6 Å². The first-order valence-corrected chi connectivity index (χ1v) is 18.7. The maximum atomic E-state index is 14.4. The van der Waals surface area contributed by atoms with Crippen molar-refractivity contribution in [1.29, 1.82) is 0 Å². The van der Waals surface area contributed by atoms with Gasteiger partial charge in [0.15, 0.2) is 0 Å². The van der Waals surface area contributed by atoms with Gasteiger partial charge in [0.1, 0.15) is 12.1 Å². The minimum Gasteiger partial charge on any atom is -0.481 e. The molecule has 292 valence electrons. The second-order valence-electron chi connectivity index (χ2n) is 11.9. The molecule has 0 aromatic heterocycles.